The number of ether oxygens (including phenoxy) is 12. The molecule has 0 amide bonds. The van der Waals surface area contributed by atoms with Crippen molar-refractivity contribution >= 4 is 71.6 Å². The van der Waals surface area contributed by atoms with E-state index in [4.69, 9.17) is 56.8 Å². The van der Waals surface area contributed by atoms with Crippen molar-refractivity contribution in [2.45, 2.75) is 101 Å². The molecule has 0 aromatic heterocycles. The molecular formula is C76H84O28. The van der Waals surface area contributed by atoms with Crippen LogP contribution in [0.2, 0.25) is 0 Å². The quantitative estimate of drug-likeness (QED) is 0.0187. The van der Waals surface area contributed by atoms with Crippen LogP contribution in [0.3, 0.4) is 0 Å². The van der Waals surface area contributed by atoms with Gasteiger partial charge in [-0.1, -0.05) is 101 Å². The second kappa shape index (κ2) is 40.4. The molecule has 0 spiro atoms. The van der Waals surface area contributed by atoms with Gasteiger partial charge in [-0.15, -0.1) is 0 Å². The number of carboxylic acid groups (broad SMARTS) is 4. The molecular weight excluding hydrogens is 1360 g/mol. The van der Waals surface area contributed by atoms with E-state index in [1.54, 1.807) is 97.1 Å². The third-order valence-corrected chi connectivity index (χ3v) is 17.7. The zero-order valence-corrected chi connectivity index (χ0v) is 57.0. The molecule has 4 N–H and O–H groups in total. The zero-order valence-electron chi connectivity index (χ0n) is 57.0. The van der Waals surface area contributed by atoms with Crippen LogP contribution < -0.4 is 18.9 Å². The number of carbonyl (C=O) groups is 12. The normalized spacial score (nSPS) is 20.2. The lowest BCUT2D eigenvalue weighted by molar-refractivity contribution is -0.180. The molecule has 3 saturated carbocycles. The van der Waals surface area contributed by atoms with Crippen molar-refractivity contribution in [3.8, 4) is 23.0 Å². The molecule has 3 aliphatic rings. The first-order valence-electron chi connectivity index (χ1n) is 33.7. The van der Waals surface area contributed by atoms with Crippen molar-refractivity contribution in [3.63, 3.8) is 0 Å². The van der Waals surface area contributed by atoms with Crippen LogP contribution in [0.15, 0.2) is 148 Å². The summed E-state index contributed by atoms with van der Waals surface area (Å²) in [7, 11) is 0. The van der Waals surface area contributed by atoms with E-state index < -0.39 is 183 Å². The summed E-state index contributed by atoms with van der Waals surface area (Å²) in [6.45, 7) is 10.2. The summed E-state index contributed by atoms with van der Waals surface area (Å²) in [4.78, 5) is 152. The smallest absolute Gasteiger partial charge is 0.330 e. The Hall–Kier alpha value is -11.3. The Morgan fingerprint density at radius 2 is 0.519 bits per heavy atom. The predicted octanol–water partition coefficient (Wildman–Crippen LogP) is 7.86. The van der Waals surface area contributed by atoms with E-state index in [0.29, 0.717) is 75.7 Å². The van der Waals surface area contributed by atoms with Crippen molar-refractivity contribution in [2.75, 3.05) is 52.9 Å². The summed E-state index contributed by atoms with van der Waals surface area (Å²) in [6.07, 6.45) is 2.20. The van der Waals surface area contributed by atoms with Gasteiger partial charge in [0.15, 0.2) is 24.4 Å². The third-order valence-electron chi connectivity index (χ3n) is 17.7. The van der Waals surface area contributed by atoms with Gasteiger partial charge < -0.3 is 77.3 Å². The maximum absolute atomic E-state index is 14.2. The molecule has 4 aromatic rings. The van der Waals surface area contributed by atoms with Crippen LogP contribution in [0.5, 0.6) is 23.0 Å². The van der Waals surface area contributed by atoms with Crippen LogP contribution in [-0.2, 0) is 108 Å². The minimum Gasteiger partial charge on any atom is -0.490 e. The van der Waals surface area contributed by atoms with Crippen LogP contribution in [0, 0.1) is 47.3 Å². The molecule has 12 unspecified atom stereocenters. The van der Waals surface area contributed by atoms with E-state index in [1.807, 2.05) is 0 Å². The summed E-state index contributed by atoms with van der Waals surface area (Å²) in [6, 6.07) is 27.4. The number of hydrogen-bond acceptors (Lipinski definition) is 24. The number of esters is 8. The fourth-order valence-corrected chi connectivity index (χ4v) is 12.1. The fourth-order valence-electron chi connectivity index (χ4n) is 12.1. The summed E-state index contributed by atoms with van der Waals surface area (Å²) in [5.41, 5.74) is 3.34. The van der Waals surface area contributed by atoms with Gasteiger partial charge in [0.2, 0.25) is 0 Å². The summed E-state index contributed by atoms with van der Waals surface area (Å²) in [5.74, 6) is -21.3. The highest BCUT2D eigenvalue weighted by Gasteiger charge is 2.51. The number of carboxylic acids is 4. The van der Waals surface area contributed by atoms with Crippen LogP contribution in [0.4, 0.5) is 0 Å². The summed E-state index contributed by atoms with van der Waals surface area (Å²) >= 11 is 0. The molecule has 12 atom stereocenters. The van der Waals surface area contributed by atoms with Crippen LogP contribution >= 0.6 is 0 Å². The second-order valence-electron chi connectivity index (χ2n) is 25.0. The minimum atomic E-state index is -1.69. The molecule has 28 nitrogen and oxygen atoms in total. The topological polar surface area (TPSA) is 397 Å². The molecule has 7 rings (SSSR count). The summed E-state index contributed by atoms with van der Waals surface area (Å²) in [5, 5.41) is 40.1. The van der Waals surface area contributed by atoms with Crippen LogP contribution in [0.25, 0.3) is 0 Å². The molecule has 104 heavy (non-hydrogen) atoms. The molecule has 556 valence electrons. The van der Waals surface area contributed by atoms with Gasteiger partial charge in [-0.3, -0.25) is 38.4 Å². The number of rotatable bonds is 40. The Bertz CT molecular complexity index is 3440. The first kappa shape index (κ1) is 80.0. The first-order chi connectivity index (χ1) is 49.9. The maximum Gasteiger partial charge on any atom is 0.330 e. The Morgan fingerprint density at radius 3 is 0.740 bits per heavy atom. The van der Waals surface area contributed by atoms with Crippen LogP contribution in [-0.4, -0.2) is 169 Å². The van der Waals surface area contributed by atoms with Crippen molar-refractivity contribution < 1.29 is 135 Å². The lowest BCUT2D eigenvalue weighted by Crippen LogP contribution is -2.47. The Kier molecular flexibility index (Phi) is 31.0. The van der Waals surface area contributed by atoms with Crippen LogP contribution in [0.1, 0.15) is 86.5 Å². The molecule has 28 heteroatoms. The average Bonchev–Trinajstić information content (AvgIpc) is 0.788. The van der Waals surface area contributed by atoms with Gasteiger partial charge in [0, 0.05) is 24.3 Å². The molecule has 0 aliphatic heterocycles. The largest absolute Gasteiger partial charge is 0.490 e. The van der Waals surface area contributed by atoms with E-state index in [0.717, 1.165) is 46.6 Å². The molecule has 0 saturated heterocycles. The Labute approximate surface area is 598 Å². The first-order valence-corrected chi connectivity index (χ1v) is 33.7. The fraction of sp³-hybridized carbons (Fsp3) is 0.421. The Balaban J connectivity index is 0.933. The van der Waals surface area contributed by atoms with Crippen molar-refractivity contribution in [2.24, 2.45) is 47.3 Å². The van der Waals surface area contributed by atoms with Crippen molar-refractivity contribution in [1.82, 2.24) is 0 Å². The SMILES string of the molecule is C=CC(=O)OCC(COc1ccc(Cc2ccc(OCC(COC(=O)C=C)OC(=O)C3CC(C(=O)OC(COC(=O)C=C)COc4ccc(Cc5ccc(OCC(COC(=O)C=C)OC(=O)C6CCCCC6C(=O)O)cc5)cc4)C(C(=O)O)CC3C(=O)O)cc2)cc1)OC(=O)C1CCCCC1C(=O)O. The van der Waals surface area contributed by atoms with Crippen molar-refractivity contribution in [1.29, 1.82) is 0 Å². The van der Waals surface area contributed by atoms with E-state index >= 15 is 0 Å². The Morgan fingerprint density at radius 1 is 0.308 bits per heavy atom. The van der Waals surface area contributed by atoms with Gasteiger partial charge in [-0.25, -0.2) is 19.2 Å². The van der Waals surface area contributed by atoms with E-state index in [-0.39, 0.29) is 37.9 Å². The molecule has 4 aromatic carbocycles. The average molecular weight is 1450 g/mol. The summed E-state index contributed by atoms with van der Waals surface area (Å²) < 4.78 is 67.1. The van der Waals surface area contributed by atoms with Crippen molar-refractivity contribution in [3.05, 3.63) is 170 Å². The van der Waals surface area contributed by atoms with E-state index in [2.05, 4.69) is 26.3 Å². The van der Waals surface area contributed by atoms with Gasteiger partial charge >= 0.3 is 71.6 Å². The number of aliphatic carboxylic acids is 4. The highest BCUT2D eigenvalue weighted by Crippen LogP contribution is 2.41. The lowest BCUT2D eigenvalue weighted by Gasteiger charge is -2.36. The highest BCUT2D eigenvalue weighted by molar-refractivity contribution is 5.88. The molecule has 0 radical (unpaired) electrons. The second-order valence-corrected chi connectivity index (χ2v) is 25.0. The van der Waals surface area contributed by atoms with E-state index in [9.17, 15) is 78.0 Å². The number of benzene rings is 4. The minimum absolute atomic E-state index is 0.217. The van der Waals surface area contributed by atoms with E-state index in [1.165, 1.54) is 0 Å². The maximum atomic E-state index is 14.2. The highest BCUT2D eigenvalue weighted by atomic mass is 16.6. The van der Waals surface area contributed by atoms with Gasteiger partial charge in [0.25, 0.3) is 0 Å². The molecule has 3 aliphatic carbocycles. The molecule has 3 fully saturated rings. The van der Waals surface area contributed by atoms with Gasteiger partial charge in [0.1, 0.15) is 75.9 Å². The van der Waals surface area contributed by atoms with Gasteiger partial charge in [0.05, 0.1) is 47.3 Å². The molecule has 0 bridgehead atoms. The van der Waals surface area contributed by atoms with Gasteiger partial charge in [-0.05, 0) is 122 Å². The number of hydrogen-bond donors (Lipinski definition) is 4. The third kappa shape index (κ3) is 25.0. The monoisotopic (exact) mass is 1440 g/mol. The molecule has 0 heterocycles. The standard InChI is InChI=1S/C76H84O28/c1-5-65(77)97-41-53(101-73(89)59-15-11-9-13-57(59)69(81)82)37-93-49-25-17-45(18-26-49)33-47-21-29-51(30-22-47)95-39-55(43-99-67(79)7-3)103-75(91)63-36-64(62(72(87)88)35-61(63)71(85)86)76(92)104-56(44-100-68(80)8-4)40-96-52-31-23-48(24-32-52)34-46-19-27-50(28-20-46)94-38-54(42-98-66(78)6-2)102-74(90)60-16-12-10-14-58(60)70(83)84/h5-8,17-32,53-64H,1-4,9-16,33-44H2,(H,81,82)(H,83,84)(H,85,86)(H,87,88). The lowest BCUT2D eigenvalue weighted by atomic mass is 9.68. The predicted molar refractivity (Wildman–Crippen MR) is 362 cm³/mol. The van der Waals surface area contributed by atoms with Gasteiger partial charge in [-0.2, -0.15) is 0 Å². The number of carbonyl (C=O) groups excluding carboxylic acids is 8. The zero-order chi connectivity index (χ0) is 75.2.